The molecule has 1 aliphatic heterocycles. The Morgan fingerprint density at radius 3 is 2.75 bits per heavy atom. The van der Waals surface area contributed by atoms with E-state index in [1.54, 1.807) is 0 Å². The predicted molar refractivity (Wildman–Crippen MR) is 64.1 cm³/mol. The van der Waals surface area contributed by atoms with E-state index in [9.17, 15) is 10.2 Å². The zero-order valence-electron chi connectivity index (χ0n) is 10.5. The van der Waals surface area contributed by atoms with Crippen molar-refractivity contribution >= 4 is 0 Å². The molecule has 1 unspecified atom stereocenters. The number of aliphatic hydroxyl groups is 2. The van der Waals surface area contributed by atoms with Gasteiger partial charge in [0.2, 0.25) is 0 Å². The minimum atomic E-state index is -0.227. The Hall–Kier alpha value is -0.120. The fourth-order valence-corrected chi connectivity index (χ4v) is 3.40. The largest absolute Gasteiger partial charge is 0.396 e. The molecule has 0 spiro atoms. The fourth-order valence-electron chi connectivity index (χ4n) is 3.40. The van der Waals surface area contributed by atoms with E-state index in [-0.39, 0.29) is 11.5 Å². The molecule has 94 valence electrons. The molecule has 0 aromatic rings. The summed E-state index contributed by atoms with van der Waals surface area (Å²) in [5.41, 5.74) is 0.163. The van der Waals surface area contributed by atoms with Crippen LogP contribution in [-0.4, -0.2) is 47.5 Å². The summed E-state index contributed by atoms with van der Waals surface area (Å²) in [6.07, 6.45) is 3.47. The molecule has 0 bridgehead atoms. The summed E-state index contributed by atoms with van der Waals surface area (Å²) in [4.78, 5) is 2.35. The average Bonchev–Trinajstić information content (AvgIpc) is 2.73. The first-order chi connectivity index (χ1) is 7.57. The van der Waals surface area contributed by atoms with E-state index in [1.165, 1.54) is 19.3 Å². The van der Waals surface area contributed by atoms with Crippen LogP contribution >= 0.6 is 0 Å². The van der Waals surface area contributed by atoms with Crippen molar-refractivity contribution < 1.29 is 10.2 Å². The standard InChI is InChI=1S/C13H25NO2/c1-10(2)12(16)7-14-6-11-4-3-5-13(11,8-14)9-15/h10-12,15-16H,3-9H2,1-2H3/t11-,12?,13+/m0/s1. The number of β-amino-alcohol motifs (C(OH)–C–C–N with tert-alkyl or cyclic N) is 1. The first-order valence-electron chi connectivity index (χ1n) is 6.59. The lowest BCUT2D eigenvalue weighted by Gasteiger charge is -2.27. The van der Waals surface area contributed by atoms with Crippen LogP contribution in [-0.2, 0) is 0 Å². The normalized spacial score (nSPS) is 36.9. The van der Waals surface area contributed by atoms with E-state index in [0.29, 0.717) is 18.4 Å². The first kappa shape index (κ1) is 12.3. The predicted octanol–water partition coefficient (Wildman–Crippen LogP) is 1.10. The second-order valence-electron chi connectivity index (χ2n) is 6.12. The summed E-state index contributed by atoms with van der Waals surface area (Å²) >= 11 is 0. The molecule has 3 nitrogen and oxygen atoms in total. The highest BCUT2D eigenvalue weighted by atomic mass is 16.3. The van der Waals surface area contributed by atoms with Crippen molar-refractivity contribution in [3.8, 4) is 0 Å². The Balaban J connectivity index is 1.92. The number of hydrogen-bond donors (Lipinski definition) is 2. The summed E-state index contributed by atoms with van der Waals surface area (Å²) in [6.45, 7) is 7.27. The van der Waals surface area contributed by atoms with Gasteiger partial charge < -0.3 is 10.2 Å². The Morgan fingerprint density at radius 2 is 2.19 bits per heavy atom. The van der Waals surface area contributed by atoms with Crippen molar-refractivity contribution in [3.63, 3.8) is 0 Å². The third-order valence-electron chi connectivity index (χ3n) is 4.64. The number of hydrogen-bond acceptors (Lipinski definition) is 3. The van der Waals surface area contributed by atoms with Crippen molar-refractivity contribution in [2.45, 2.75) is 39.2 Å². The Kier molecular flexibility index (Phi) is 3.57. The zero-order valence-corrected chi connectivity index (χ0v) is 10.5. The first-order valence-corrected chi connectivity index (χ1v) is 6.59. The summed E-state index contributed by atoms with van der Waals surface area (Å²) in [5.74, 6) is 0.988. The maximum Gasteiger partial charge on any atom is 0.0689 e. The van der Waals surface area contributed by atoms with Gasteiger partial charge in [0.15, 0.2) is 0 Å². The molecule has 1 heterocycles. The van der Waals surface area contributed by atoms with Gasteiger partial charge in [0.05, 0.1) is 12.7 Å². The quantitative estimate of drug-likeness (QED) is 0.756. The van der Waals surface area contributed by atoms with Crippen LogP contribution < -0.4 is 0 Å². The number of rotatable bonds is 4. The number of likely N-dealkylation sites (tertiary alicyclic amines) is 1. The molecule has 1 aliphatic carbocycles. The van der Waals surface area contributed by atoms with Gasteiger partial charge in [-0.3, -0.25) is 4.90 Å². The van der Waals surface area contributed by atoms with Gasteiger partial charge in [-0.15, -0.1) is 0 Å². The smallest absolute Gasteiger partial charge is 0.0689 e. The lowest BCUT2D eigenvalue weighted by atomic mass is 9.82. The van der Waals surface area contributed by atoms with Gasteiger partial charge in [0.25, 0.3) is 0 Å². The molecule has 3 heteroatoms. The third kappa shape index (κ3) is 2.13. The van der Waals surface area contributed by atoms with Gasteiger partial charge in [-0.2, -0.15) is 0 Å². The van der Waals surface area contributed by atoms with Crippen LogP contribution in [0.4, 0.5) is 0 Å². The summed E-state index contributed by atoms with van der Waals surface area (Å²) in [5, 5.41) is 19.5. The lowest BCUT2D eigenvalue weighted by molar-refractivity contribution is 0.0711. The minimum absolute atomic E-state index is 0.163. The Morgan fingerprint density at radius 1 is 1.44 bits per heavy atom. The fraction of sp³-hybridized carbons (Fsp3) is 1.00. The minimum Gasteiger partial charge on any atom is -0.396 e. The SMILES string of the molecule is CC(C)C(O)CN1C[C@@H]2CCC[C@]2(CO)C1. The van der Waals surface area contributed by atoms with E-state index in [2.05, 4.69) is 18.7 Å². The highest BCUT2D eigenvalue weighted by Gasteiger charge is 2.48. The van der Waals surface area contributed by atoms with Gasteiger partial charge in [0, 0.05) is 25.0 Å². The number of aliphatic hydroxyl groups excluding tert-OH is 2. The zero-order chi connectivity index (χ0) is 11.8. The van der Waals surface area contributed by atoms with Crippen LogP contribution in [0.15, 0.2) is 0 Å². The van der Waals surface area contributed by atoms with E-state index in [4.69, 9.17) is 0 Å². The molecule has 1 saturated carbocycles. The molecule has 16 heavy (non-hydrogen) atoms. The molecule has 0 radical (unpaired) electrons. The molecule has 2 aliphatic rings. The number of fused-ring (bicyclic) bond motifs is 1. The maximum absolute atomic E-state index is 9.90. The van der Waals surface area contributed by atoms with Crippen LogP contribution in [0.3, 0.4) is 0 Å². The highest BCUT2D eigenvalue weighted by molar-refractivity contribution is 5.00. The molecule has 0 aromatic carbocycles. The molecule has 2 N–H and O–H groups in total. The summed E-state index contributed by atoms with van der Waals surface area (Å²) in [7, 11) is 0. The lowest BCUT2D eigenvalue weighted by Crippen LogP contribution is -2.36. The second kappa shape index (κ2) is 4.63. The third-order valence-corrected chi connectivity index (χ3v) is 4.64. The van der Waals surface area contributed by atoms with Gasteiger partial charge in [-0.25, -0.2) is 0 Å². The summed E-state index contributed by atoms with van der Waals surface area (Å²) in [6, 6.07) is 0. The van der Waals surface area contributed by atoms with E-state index < -0.39 is 0 Å². The molecule has 0 amide bonds. The topological polar surface area (TPSA) is 43.7 Å². The molecule has 2 rings (SSSR count). The van der Waals surface area contributed by atoms with Crippen LogP contribution in [0.5, 0.6) is 0 Å². The van der Waals surface area contributed by atoms with Crippen molar-refractivity contribution in [1.29, 1.82) is 0 Å². The van der Waals surface area contributed by atoms with E-state index in [0.717, 1.165) is 19.6 Å². The van der Waals surface area contributed by atoms with Crippen molar-refractivity contribution in [2.75, 3.05) is 26.2 Å². The highest BCUT2D eigenvalue weighted by Crippen LogP contribution is 2.48. The molecule has 1 saturated heterocycles. The molecule has 2 fully saturated rings. The average molecular weight is 227 g/mol. The van der Waals surface area contributed by atoms with Crippen LogP contribution in [0.1, 0.15) is 33.1 Å². The van der Waals surface area contributed by atoms with Gasteiger partial charge >= 0.3 is 0 Å². The van der Waals surface area contributed by atoms with E-state index in [1.807, 2.05) is 0 Å². The molecular formula is C13H25NO2. The summed E-state index contributed by atoms with van der Waals surface area (Å²) < 4.78 is 0. The Labute approximate surface area is 98.5 Å². The molecule has 0 aromatic heterocycles. The molecular weight excluding hydrogens is 202 g/mol. The number of nitrogens with zero attached hydrogens (tertiary/aromatic N) is 1. The van der Waals surface area contributed by atoms with Crippen molar-refractivity contribution in [3.05, 3.63) is 0 Å². The van der Waals surface area contributed by atoms with Gasteiger partial charge in [-0.1, -0.05) is 20.3 Å². The van der Waals surface area contributed by atoms with E-state index >= 15 is 0 Å². The second-order valence-corrected chi connectivity index (χ2v) is 6.12. The Bertz CT molecular complexity index is 242. The van der Waals surface area contributed by atoms with Crippen LogP contribution in [0.25, 0.3) is 0 Å². The van der Waals surface area contributed by atoms with Crippen LogP contribution in [0, 0.1) is 17.3 Å². The van der Waals surface area contributed by atoms with Gasteiger partial charge in [0.1, 0.15) is 0 Å². The monoisotopic (exact) mass is 227 g/mol. The van der Waals surface area contributed by atoms with Crippen LogP contribution in [0.2, 0.25) is 0 Å². The maximum atomic E-state index is 9.90. The molecule has 3 atom stereocenters. The van der Waals surface area contributed by atoms with Crippen molar-refractivity contribution in [1.82, 2.24) is 4.90 Å². The van der Waals surface area contributed by atoms with Gasteiger partial charge in [-0.05, 0) is 24.7 Å². The van der Waals surface area contributed by atoms with Crippen molar-refractivity contribution in [2.24, 2.45) is 17.3 Å².